The number of nitrogens with zero attached hydrogens (tertiary/aromatic N) is 1. The second-order valence-electron chi connectivity index (χ2n) is 1.74. The van der Waals surface area contributed by atoms with Crippen LogP contribution < -0.4 is 4.74 Å². The molecule has 1 aromatic rings. The molecule has 0 spiro atoms. The molecule has 1 rings (SSSR count). The number of methoxy groups -OCH3 is 1. The van der Waals surface area contributed by atoms with Crippen molar-refractivity contribution in [1.82, 2.24) is 4.98 Å². The Labute approximate surface area is 66.8 Å². The quantitative estimate of drug-likeness (QED) is 0.616. The molecule has 0 atom stereocenters. The maximum Gasteiger partial charge on any atom is 0.257 e. The Morgan fingerprint density at radius 3 is 2.64 bits per heavy atom. The van der Waals surface area contributed by atoms with Crippen molar-refractivity contribution in [2.45, 2.75) is 0 Å². The predicted octanol–water partition coefficient (Wildman–Crippen LogP) is 2.02. The topological polar surface area (TPSA) is 22.1 Å². The van der Waals surface area contributed by atoms with Crippen LogP contribution in [0.2, 0.25) is 5.02 Å². The van der Waals surface area contributed by atoms with Crippen molar-refractivity contribution >= 4 is 11.6 Å². The fraction of sp³-hybridized carbons (Fsp3) is 0.167. The summed E-state index contributed by atoms with van der Waals surface area (Å²) in [6.45, 7) is 0. The Kier molecular flexibility index (Phi) is 2.24. The van der Waals surface area contributed by atoms with Gasteiger partial charge in [-0.25, -0.2) is 9.37 Å². The Morgan fingerprint density at radius 1 is 1.55 bits per heavy atom. The van der Waals surface area contributed by atoms with Crippen LogP contribution in [0.5, 0.6) is 5.75 Å². The molecule has 5 heteroatoms. The Morgan fingerprint density at radius 2 is 2.18 bits per heavy atom. The first kappa shape index (κ1) is 8.20. The fourth-order valence-electron chi connectivity index (χ4n) is 0.601. The molecule has 0 aromatic carbocycles. The first-order valence-electron chi connectivity index (χ1n) is 2.70. The van der Waals surface area contributed by atoms with E-state index in [-0.39, 0.29) is 10.8 Å². The van der Waals surface area contributed by atoms with Gasteiger partial charge in [0.15, 0.2) is 11.6 Å². The number of aromatic nitrogens is 1. The van der Waals surface area contributed by atoms with Gasteiger partial charge >= 0.3 is 0 Å². The summed E-state index contributed by atoms with van der Waals surface area (Å²) < 4.78 is 29.5. The van der Waals surface area contributed by atoms with Crippen molar-refractivity contribution in [1.29, 1.82) is 0 Å². The molecule has 0 unspecified atom stereocenters. The molecule has 0 aliphatic carbocycles. The highest BCUT2D eigenvalue weighted by atomic mass is 35.5. The second kappa shape index (κ2) is 3.00. The maximum absolute atomic E-state index is 12.5. The van der Waals surface area contributed by atoms with Crippen molar-refractivity contribution < 1.29 is 13.5 Å². The lowest BCUT2D eigenvalue weighted by Gasteiger charge is -2.02. The largest absolute Gasteiger partial charge is 0.491 e. The normalized spacial score (nSPS) is 9.82. The summed E-state index contributed by atoms with van der Waals surface area (Å²) in [6, 6.07) is 0. The standard InChI is InChI=1S/C6H4ClF2NO/c1-11-5-4(7)3(8)2-10-6(5)9/h2H,1H3. The molecule has 11 heavy (non-hydrogen) atoms. The zero-order chi connectivity index (χ0) is 8.43. The van der Waals surface area contributed by atoms with Gasteiger partial charge in [-0.1, -0.05) is 11.6 Å². The SMILES string of the molecule is COc1c(F)ncc(F)c1Cl. The van der Waals surface area contributed by atoms with Crippen LogP contribution in [-0.4, -0.2) is 12.1 Å². The van der Waals surface area contributed by atoms with E-state index in [0.29, 0.717) is 6.20 Å². The maximum atomic E-state index is 12.5. The van der Waals surface area contributed by atoms with Crippen LogP contribution in [0.1, 0.15) is 0 Å². The number of ether oxygens (including phenoxy) is 1. The molecule has 0 fully saturated rings. The summed E-state index contributed by atoms with van der Waals surface area (Å²) in [5, 5.41) is -0.389. The van der Waals surface area contributed by atoms with E-state index < -0.39 is 11.8 Å². The highest BCUT2D eigenvalue weighted by Gasteiger charge is 2.12. The minimum atomic E-state index is -0.918. The molecule has 2 nitrogen and oxygen atoms in total. The summed E-state index contributed by atoms with van der Waals surface area (Å²) >= 11 is 5.32. The molecule has 0 aliphatic heterocycles. The number of hydrogen-bond acceptors (Lipinski definition) is 2. The molecule has 60 valence electrons. The average Bonchev–Trinajstić information content (AvgIpc) is 1.99. The van der Waals surface area contributed by atoms with E-state index in [0.717, 1.165) is 0 Å². The molecule has 1 heterocycles. The zero-order valence-electron chi connectivity index (χ0n) is 5.57. The van der Waals surface area contributed by atoms with Gasteiger partial charge in [0.1, 0.15) is 5.02 Å². The van der Waals surface area contributed by atoms with Crippen molar-refractivity contribution in [2.75, 3.05) is 7.11 Å². The van der Waals surface area contributed by atoms with Crippen LogP contribution in [0.25, 0.3) is 0 Å². The molecule has 0 saturated heterocycles. The lowest BCUT2D eigenvalue weighted by atomic mass is 10.4. The molecule has 0 saturated carbocycles. The highest BCUT2D eigenvalue weighted by Crippen LogP contribution is 2.27. The third-order valence-electron chi connectivity index (χ3n) is 1.09. The van der Waals surface area contributed by atoms with Crippen molar-refractivity contribution in [3.05, 3.63) is 23.0 Å². The summed E-state index contributed by atoms with van der Waals surface area (Å²) in [7, 11) is 1.19. The summed E-state index contributed by atoms with van der Waals surface area (Å²) in [4.78, 5) is 3.06. The zero-order valence-corrected chi connectivity index (χ0v) is 6.32. The number of halogens is 3. The van der Waals surface area contributed by atoms with Gasteiger partial charge in [-0.15, -0.1) is 0 Å². The third kappa shape index (κ3) is 1.40. The van der Waals surface area contributed by atoms with Gasteiger partial charge in [0.2, 0.25) is 0 Å². The minimum absolute atomic E-state index is 0.369. The van der Waals surface area contributed by atoms with Crippen LogP contribution in [-0.2, 0) is 0 Å². The van der Waals surface area contributed by atoms with E-state index >= 15 is 0 Å². The third-order valence-corrected chi connectivity index (χ3v) is 1.44. The lowest BCUT2D eigenvalue weighted by Crippen LogP contribution is -1.94. The molecule has 1 aromatic heterocycles. The van der Waals surface area contributed by atoms with Crippen molar-refractivity contribution in [3.8, 4) is 5.75 Å². The van der Waals surface area contributed by atoms with Crippen LogP contribution >= 0.6 is 11.6 Å². The Hall–Kier alpha value is -0.900. The number of hydrogen-bond donors (Lipinski definition) is 0. The van der Waals surface area contributed by atoms with E-state index in [2.05, 4.69) is 9.72 Å². The monoisotopic (exact) mass is 179 g/mol. The first-order chi connectivity index (χ1) is 5.16. The Balaban J connectivity index is 3.29. The van der Waals surface area contributed by atoms with Gasteiger partial charge in [0.25, 0.3) is 5.95 Å². The fourth-order valence-corrected chi connectivity index (χ4v) is 0.805. The lowest BCUT2D eigenvalue weighted by molar-refractivity contribution is 0.373. The van der Waals surface area contributed by atoms with E-state index in [1.807, 2.05) is 0 Å². The molecule has 0 radical (unpaired) electrons. The number of rotatable bonds is 1. The van der Waals surface area contributed by atoms with E-state index in [1.54, 1.807) is 0 Å². The minimum Gasteiger partial charge on any atom is -0.491 e. The van der Waals surface area contributed by atoms with Crippen molar-refractivity contribution in [3.63, 3.8) is 0 Å². The van der Waals surface area contributed by atoms with Crippen LogP contribution in [0, 0.1) is 11.8 Å². The van der Waals surface area contributed by atoms with Gasteiger partial charge in [-0.2, -0.15) is 4.39 Å². The van der Waals surface area contributed by atoms with Gasteiger partial charge < -0.3 is 4.74 Å². The predicted molar refractivity (Wildman–Crippen MR) is 35.7 cm³/mol. The molecule has 0 aliphatic rings. The second-order valence-corrected chi connectivity index (χ2v) is 2.12. The smallest absolute Gasteiger partial charge is 0.257 e. The van der Waals surface area contributed by atoms with Crippen LogP contribution in [0.3, 0.4) is 0 Å². The van der Waals surface area contributed by atoms with E-state index in [1.165, 1.54) is 7.11 Å². The van der Waals surface area contributed by atoms with Crippen molar-refractivity contribution in [2.24, 2.45) is 0 Å². The summed E-state index contributed by atoms with van der Waals surface area (Å²) in [5.74, 6) is -2.09. The van der Waals surface area contributed by atoms with E-state index in [4.69, 9.17) is 11.6 Å². The summed E-state index contributed by atoms with van der Waals surface area (Å²) in [5.41, 5.74) is 0. The molecule has 0 amide bonds. The molecular weight excluding hydrogens is 176 g/mol. The van der Waals surface area contributed by atoms with Crippen LogP contribution in [0.15, 0.2) is 6.20 Å². The first-order valence-corrected chi connectivity index (χ1v) is 3.08. The van der Waals surface area contributed by atoms with Gasteiger partial charge in [-0.3, -0.25) is 0 Å². The number of pyridine rings is 1. The molecule has 0 N–H and O–H groups in total. The molecule has 0 bridgehead atoms. The van der Waals surface area contributed by atoms with Gasteiger partial charge in [-0.05, 0) is 0 Å². The average molecular weight is 180 g/mol. The Bertz CT molecular complexity index is 280. The van der Waals surface area contributed by atoms with E-state index in [9.17, 15) is 8.78 Å². The van der Waals surface area contributed by atoms with Gasteiger partial charge in [0.05, 0.1) is 13.3 Å². The van der Waals surface area contributed by atoms with Crippen LogP contribution in [0.4, 0.5) is 8.78 Å². The summed E-state index contributed by atoms with van der Waals surface area (Å²) in [6.07, 6.45) is 0.695. The molecular formula is C6H4ClF2NO. The van der Waals surface area contributed by atoms with Gasteiger partial charge in [0, 0.05) is 0 Å². The highest BCUT2D eigenvalue weighted by molar-refractivity contribution is 6.32.